The lowest BCUT2D eigenvalue weighted by molar-refractivity contribution is 0.0830. The molecule has 1 aromatic heterocycles. The minimum atomic E-state index is -1.21. The first kappa shape index (κ1) is 16.6. The monoisotopic (exact) mass is 284 g/mol. The van der Waals surface area contributed by atoms with Gasteiger partial charge in [0.25, 0.3) is 0 Å². The molecule has 1 rings (SSSR count). The topological polar surface area (TPSA) is 111 Å². The van der Waals surface area contributed by atoms with Crippen LogP contribution in [0.15, 0.2) is 0 Å². The van der Waals surface area contributed by atoms with Crippen molar-refractivity contribution in [1.82, 2.24) is 9.97 Å². The van der Waals surface area contributed by atoms with Gasteiger partial charge in [-0.1, -0.05) is 13.8 Å². The Morgan fingerprint density at radius 2 is 1.55 bits per heavy atom. The third-order valence-corrected chi connectivity index (χ3v) is 3.21. The lowest BCUT2D eigenvalue weighted by Crippen LogP contribution is -2.49. The molecule has 0 aliphatic heterocycles. The van der Waals surface area contributed by atoms with Crippen LogP contribution in [0.1, 0.15) is 31.2 Å². The predicted octanol–water partition coefficient (Wildman–Crippen LogP) is 0.0777. The van der Waals surface area contributed by atoms with Gasteiger partial charge in [0.1, 0.15) is 23.0 Å². The Morgan fingerprint density at radius 1 is 1.05 bits per heavy atom. The van der Waals surface area contributed by atoms with Crippen molar-refractivity contribution in [3.8, 4) is 0 Å². The van der Waals surface area contributed by atoms with Crippen LogP contribution in [0.4, 0.5) is 11.6 Å². The maximum atomic E-state index is 9.39. The SMILES string of the molecule is CNc1nc(C(C)C)nc(NC(CO)(CO)CO)c1C. The van der Waals surface area contributed by atoms with Crippen molar-refractivity contribution < 1.29 is 15.3 Å². The molecule has 0 aliphatic rings. The first-order valence-electron chi connectivity index (χ1n) is 6.60. The molecule has 20 heavy (non-hydrogen) atoms. The third-order valence-electron chi connectivity index (χ3n) is 3.21. The maximum absolute atomic E-state index is 9.39. The van der Waals surface area contributed by atoms with E-state index in [0.29, 0.717) is 17.5 Å². The van der Waals surface area contributed by atoms with E-state index in [1.165, 1.54) is 0 Å². The Kier molecular flexibility index (Phi) is 5.67. The van der Waals surface area contributed by atoms with Gasteiger partial charge >= 0.3 is 0 Å². The Morgan fingerprint density at radius 3 is 1.95 bits per heavy atom. The maximum Gasteiger partial charge on any atom is 0.135 e. The van der Waals surface area contributed by atoms with Gasteiger partial charge in [-0.05, 0) is 6.92 Å². The van der Waals surface area contributed by atoms with Crippen molar-refractivity contribution in [1.29, 1.82) is 0 Å². The zero-order valence-corrected chi connectivity index (χ0v) is 12.4. The summed E-state index contributed by atoms with van der Waals surface area (Å²) in [6.45, 7) is 4.56. The van der Waals surface area contributed by atoms with E-state index < -0.39 is 25.4 Å². The van der Waals surface area contributed by atoms with Crippen molar-refractivity contribution in [3.05, 3.63) is 11.4 Å². The summed E-state index contributed by atoms with van der Waals surface area (Å²) in [5.41, 5.74) is -0.449. The molecular formula is C13H24N4O3. The number of anilines is 2. The van der Waals surface area contributed by atoms with Gasteiger partial charge in [0, 0.05) is 18.5 Å². The molecule has 114 valence electrons. The molecular weight excluding hydrogens is 260 g/mol. The minimum absolute atomic E-state index is 0.134. The summed E-state index contributed by atoms with van der Waals surface area (Å²) < 4.78 is 0. The van der Waals surface area contributed by atoms with Crippen LogP contribution in [-0.2, 0) is 0 Å². The first-order chi connectivity index (χ1) is 9.42. The molecule has 1 heterocycles. The fourth-order valence-corrected chi connectivity index (χ4v) is 1.68. The standard InChI is InChI=1S/C13H24N4O3/c1-8(2)10-15-11(14-4)9(3)12(16-10)17-13(5-18,6-19)7-20/h8,18-20H,5-7H2,1-4H3,(H2,14,15,16,17). The molecule has 0 fully saturated rings. The molecule has 0 unspecified atom stereocenters. The number of hydrogen-bond donors (Lipinski definition) is 5. The molecule has 0 spiro atoms. The molecule has 0 atom stereocenters. The fourth-order valence-electron chi connectivity index (χ4n) is 1.68. The summed E-state index contributed by atoms with van der Waals surface area (Å²) in [7, 11) is 1.76. The first-order valence-corrected chi connectivity index (χ1v) is 6.60. The molecule has 7 heteroatoms. The summed E-state index contributed by atoms with van der Waals surface area (Å²) in [6.07, 6.45) is 0. The van der Waals surface area contributed by atoms with Crippen LogP contribution in [0.2, 0.25) is 0 Å². The van der Waals surface area contributed by atoms with Gasteiger partial charge in [0.15, 0.2) is 0 Å². The van der Waals surface area contributed by atoms with Gasteiger partial charge in [-0.25, -0.2) is 9.97 Å². The van der Waals surface area contributed by atoms with Crippen LogP contribution >= 0.6 is 0 Å². The molecule has 5 N–H and O–H groups in total. The van der Waals surface area contributed by atoms with Crippen LogP contribution in [-0.4, -0.2) is 57.7 Å². The highest BCUT2D eigenvalue weighted by atomic mass is 16.3. The molecule has 0 aromatic carbocycles. The van der Waals surface area contributed by atoms with Crippen molar-refractivity contribution in [2.24, 2.45) is 0 Å². The second kappa shape index (κ2) is 6.83. The second-order valence-electron chi connectivity index (χ2n) is 5.19. The summed E-state index contributed by atoms with van der Waals surface area (Å²) in [5, 5.41) is 34.1. The molecule has 0 saturated heterocycles. The van der Waals surface area contributed by atoms with Crippen LogP contribution in [0, 0.1) is 6.92 Å². The molecule has 0 amide bonds. The fraction of sp³-hybridized carbons (Fsp3) is 0.692. The van der Waals surface area contributed by atoms with Crippen LogP contribution in [0.3, 0.4) is 0 Å². The van der Waals surface area contributed by atoms with Crippen LogP contribution < -0.4 is 10.6 Å². The van der Waals surface area contributed by atoms with Gasteiger partial charge in [0.2, 0.25) is 0 Å². The van der Waals surface area contributed by atoms with E-state index in [9.17, 15) is 15.3 Å². The number of hydrogen-bond acceptors (Lipinski definition) is 7. The van der Waals surface area contributed by atoms with E-state index in [1.807, 2.05) is 20.8 Å². The van der Waals surface area contributed by atoms with Gasteiger partial charge < -0.3 is 26.0 Å². The number of aromatic nitrogens is 2. The quantitative estimate of drug-likeness (QED) is 0.482. The second-order valence-corrected chi connectivity index (χ2v) is 5.19. The van der Waals surface area contributed by atoms with E-state index in [4.69, 9.17) is 0 Å². The van der Waals surface area contributed by atoms with Gasteiger partial charge in [-0.2, -0.15) is 0 Å². The summed E-state index contributed by atoms with van der Waals surface area (Å²) >= 11 is 0. The van der Waals surface area contributed by atoms with Crippen molar-refractivity contribution in [2.45, 2.75) is 32.2 Å². The molecule has 7 nitrogen and oxygen atoms in total. The molecule has 0 bridgehead atoms. The zero-order valence-electron chi connectivity index (χ0n) is 12.4. The van der Waals surface area contributed by atoms with Crippen molar-refractivity contribution in [3.63, 3.8) is 0 Å². The Hall–Kier alpha value is -1.44. The van der Waals surface area contributed by atoms with Crippen molar-refractivity contribution in [2.75, 3.05) is 37.5 Å². The average Bonchev–Trinajstić information content (AvgIpc) is 2.46. The summed E-state index contributed by atoms with van der Waals surface area (Å²) in [4.78, 5) is 8.82. The van der Waals surface area contributed by atoms with Gasteiger partial charge in [-0.3, -0.25) is 0 Å². The van der Waals surface area contributed by atoms with E-state index in [-0.39, 0.29) is 5.92 Å². The molecule has 0 saturated carbocycles. The molecule has 0 radical (unpaired) electrons. The van der Waals surface area contributed by atoms with E-state index in [2.05, 4.69) is 20.6 Å². The number of aliphatic hydroxyl groups excluding tert-OH is 3. The third kappa shape index (κ3) is 3.36. The Labute approximate surface area is 119 Å². The molecule has 1 aromatic rings. The highest BCUT2D eigenvalue weighted by molar-refractivity contribution is 5.58. The summed E-state index contributed by atoms with van der Waals surface area (Å²) in [5.74, 6) is 1.94. The Bertz CT molecular complexity index is 439. The lowest BCUT2D eigenvalue weighted by Gasteiger charge is -2.30. The highest BCUT2D eigenvalue weighted by Crippen LogP contribution is 2.25. The smallest absolute Gasteiger partial charge is 0.135 e. The number of rotatable bonds is 7. The van der Waals surface area contributed by atoms with E-state index in [1.54, 1.807) is 7.05 Å². The van der Waals surface area contributed by atoms with Crippen LogP contribution in [0.25, 0.3) is 0 Å². The molecule has 0 aliphatic carbocycles. The Balaban J connectivity index is 3.25. The highest BCUT2D eigenvalue weighted by Gasteiger charge is 2.29. The summed E-state index contributed by atoms with van der Waals surface area (Å²) in [6, 6.07) is 0. The minimum Gasteiger partial charge on any atom is -0.394 e. The largest absolute Gasteiger partial charge is 0.394 e. The number of nitrogens with one attached hydrogen (secondary N) is 2. The van der Waals surface area contributed by atoms with Gasteiger partial charge in [0.05, 0.1) is 19.8 Å². The van der Waals surface area contributed by atoms with E-state index in [0.717, 1.165) is 5.56 Å². The zero-order chi connectivity index (χ0) is 15.3. The normalized spacial score (nSPS) is 11.8. The average molecular weight is 284 g/mol. The van der Waals surface area contributed by atoms with Crippen LogP contribution in [0.5, 0.6) is 0 Å². The van der Waals surface area contributed by atoms with Gasteiger partial charge in [-0.15, -0.1) is 0 Å². The number of aliphatic hydroxyl groups is 3. The predicted molar refractivity (Wildman–Crippen MR) is 78.0 cm³/mol. The van der Waals surface area contributed by atoms with E-state index >= 15 is 0 Å². The number of nitrogens with zero attached hydrogens (tertiary/aromatic N) is 2. The lowest BCUT2D eigenvalue weighted by atomic mass is 10.0. The van der Waals surface area contributed by atoms with Crippen molar-refractivity contribution >= 4 is 11.6 Å².